The summed E-state index contributed by atoms with van der Waals surface area (Å²) in [5, 5.41) is 5.65. The van der Waals surface area contributed by atoms with Crippen molar-refractivity contribution in [2.45, 2.75) is 33.7 Å². The fourth-order valence-electron chi connectivity index (χ4n) is 2.80. The first-order valence-corrected chi connectivity index (χ1v) is 8.75. The van der Waals surface area contributed by atoms with Gasteiger partial charge in [-0.05, 0) is 25.2 Å². The standard InChI is InChI=1S/C21H23NO4/c1-12(2)14(4)22-18(23)11-25-21(24)19-13(3)16-10-9-15-7-5-6-8-17(15)20(16)26-19/h5-10,12,14H,11H2,1-4H3,(H,22,23)/t14-/m0/s1. The van der Waals surface area contributed by atoms with Crippen LogP contribution in [0.15, 0.2) is 40.8 Å². The van der Waals surface area contributed by atoms with Crippen LogP contribution in [0.3, 0.4) is 0 Å². The van der Waals surface area contributed by atoms with Gasteiger partial charge in [0.15, 0.2) is 6.61 Å². The van der Waals surface area contributed by atoms with E-state index in [1.165, 1.54) is 0 Å². The van der Waals surface area contributed by atoms with Crippen LogP contribution in [0.5, 0.6) is 0 Å². The molecule has 3 aromatic rings. The molecule has 0 aliphatic heterocycles. The average molecular weight is 353 g/mol. The Hall–Kier alpha value is -2.82. The average Bonchev–Trinajstić information content (AvgIpc) is 2.97. The number of nitrogens with one attached hydrogen (secondary N) is 1. The summed E-state index contributed by atoms with van der Waals surface area (Å²) in [6, 6.07) is 11.8. The predicted octanol–water partition coefficient (Wildman–Crippen LogP) is 4.21. The van der Waals surface area contributed by atoms with Gasteiger partial charge in [0.05, 0.1) is 0 Å². The minimum Gasteiger partial charge on any atom is -0.450 e. The molecule has 26 heavy (non-hydrogen) atoms. The van der Waals surface area contributed by atoms with Gasteiger partial charge in [-0.15, -0.1) is 0 Å². The highest BCUT2D eigenvalue weighted by Gasteiger charge is 2.21. The van der Waals surface area contributed by atoms with Gasteiger partial charge < -0.3 is 14.5 Å². The van der Waals surface area contributed by atoms with Crippen LogP contribution in [0.25, 0.3) is 21.7 Å². The number of hydrogen-bond donors (Lipinski definition) is 1. The molecule has 0 bridgehead atoms. The first-order chi connectivity index (χ1) is 12.4. The van der Waals surface area contributed by atoms with Gasteiger partial charge in [-0.3, -0.25) is 4.79 Å². The van der Waals surface area contributed by atoms with Crippen LogP contribution in [0.1, 0.15) is 36.9 Å². The van der Waals surface area contributed by atoms with Gasteiger partial charge >= 0.3 is 5.97 Å². The third-order valence-electron chi connectivity index (χ3n) is 4.74. The Kier molecular flexibility index (Phi) is 4.98. The quantitative estimate of drug-likeness (QED) is 0.698. The summed E-state index contributed by atoms with van der Waals surface area (Å²) in [4.78, 5) is 24.3. The zero-order chi connectivity index (χ0) is 18.8. The summed E-state index contributed by atoms with van der Waals surface area (Å²) in [7, 11) is 0. The fourth-order valence-corrected chi connectivity index (χ4v) is 2.80. The normalized spacial score (nSPS) is 12.5. The van der Waals surface area contributed by atoms with E-state index >= 15 is 0 Å². The van der Waals surface area contributed by atoms with Crippen LogP contribution in [-0.2, 0) is 9.53 Å². The smallest absolute Gasteiger partial charge is 0.375 e. The molecule has 1 atom stereocenters. The molecule has 136 valence electrons. The Bertz CT molecular complexity index is 971. The fraction of sp³-hybridized carbons (Fsp3) is 0.333. The molecule has 0 unspecified atom stereocenters. The van der Waals surface area contributed by atoms with Crippen LogP contribution < -0.4 is 5.32 Å². The Morgan fingerprint density at radius 2 is 1.81 bits per heavy atom. The predicted molar refractivity (Wildman–Crippen MR) is 101 cm³/mol. The number of aryl methyl sites for hydroxylation is 1. The maximum absolute atomic E-state index is 12.4. The summed E-state index contributed by atoms with van der Waals surface area (Å²) in [5.41, 5.74) is 1.37. The van der Waals surface area contributed by atoms with Crippen molar-refractivity contribution in [3.8, 4) is 0 Å². The highest BCUT2D eigenvalue weighted by atomic mass is 16.5. The number of carbonyl (C=O) groups is 2. The van der Waals surface area contributed by atoms with E-state index in [2.05, 4.69) is 5.32 Å². The van der Waals surface area contributed by atoms with Gasteiger partial charge in [0.25, 0.3) is 5.91 Å². The molecular weight excluding hydrogens is 330 g/mol. The third kappa shape index (κ3) is 3.43. The monoisotopic (exact) mass is 353 g/mol. The van der Waals surface area contributed by atoms with Gasteiger partial charge in [0.2, 0.25) is 5.76 Å². The molecule has 0 spiro atoms. The zero-order valence-corrected chi connectivity index (χ0v) is 15.5. The van der Waals surface area contributed by atoms with Gasteiger partial charge in [-0.1, -0.05) is 50.2 Å². The minimum atomic E-state index is -0.630. The topological polar surface area (TPSA) is 68.5 Å². The number of benzene rings is 2. The second-order valence-electron chi connectivity index (χ2n) is 6.90. The number of hydrogen-bond acceptors (Lipinski definition) is 4. The number of carbonyl (C=O) groups excluding carboxylic acids is 2. The number of amides is 1. The highest BCUT2D eigenvalue weighted by Crippen LogP contribution is 2.31. The van der Waals surface area contributed by atoms with Crippen molar-refractivity contribution in [1.29, 1.82) is 0 Å². The molecule has 0 saturated carbocycles. The lowest BCUT2D eigenvalue weighted by molar-refractivity contribution is -0.125. The lowest BCUT2D eigenvalue weighted by atomic mass is 10.1. The van der Waals surface area contributed by atoms with Crippen molar-refractivity contribution >= 4 is 33.6 Å². The van der Waals surface area contributed by atoms with E-state index in [9.17, 15) is 9.59 Å². The number of rotatable bonds is 5. The minimum absolute atomic E-state index is 0.0144. The summed E-state index contributed by atoms with van der Waals surface area (Å²) < 4.78 is 11.0. The van der Waals surface area contributed by atoms with E-state index in [1.54, 1.807) is 0 Å². The van der Waals surface area contributed by atoms with Crippen molar-refractivity contribution in [2.24, 2.45) is 5.92 Å². The molecule has 0 aliphatic carbocycles. The Labute approximate surface area is 152 Å². The molecule has 1 amide bonds. The number of furan rings is 1. The molecule has 1 heterocycles. The summed E-state index contributed by atoms with van der Waals surface area (Å²) in [6.45, 7) is 7.43. The number of ether oxygens (including phenoxy) is 1. The first kappa shape index (κ1) is 18.0. The van der Waals surface area contributed by atoms with Gasteiger partial charge in [0.1, 0.15) is 5.58 Å². The molecule has 1 aromatic heterocycles. The maximum atomic E-state index is 12.4. The largest absolute Gasteiger partial charge is 0.450 e. The zero-order valence-electron chi connectivity index (χ0n) is 15.5. The highest BCUT2D eigenvalue weighted by molar-refractivity contribution is 6.08. The molecule has 5 heteroatoms. The van der Waals surface area contributed by atoms with Gasteiger partial charge in [-0.2, -0.15) is 0 Å². The number of esters is 1. The van der Waals surface area contributed by atoms with Crippen LogP contribution in [-0.4, -0.2) is 24.5 Å². The lowest BCUT2D eigenvalue weighted by Crippen LogP contribution is -2.38. The van der Waals surface area contributed by atoms with Crippen molar-refractivity contribution in [1.82, 2.24) is 5.32 Å². The van der Waals surface area contributed by atoms with E-state index in [0.29, 0.717) is 17.1 Å². The van der Waals surface area contributed by atoms with E-state index < -0.39 is 5.97 Å². The first-order valence-electron chi connectivity index (χ1n) is 8.75. The van der Waals surface area contributed by atoms with Crippen LogP contribution in [0.2, 0.25) is 0 Å². The molecule has 3 rings (SSSR count). The van der Waals surface area contributed by atoms with E-state index in [-0.39, 0.29) is 24.3 Å². The van der Waals surface area contributed by atoms with Gasteiger partial charge in [-0.25, -0.2) is 4.79 Å². The third-order valence-corrected chi connectivity index (χ3v) is 4.74. The number of fused-ring (bicyclic) bond motifs is 3. The van der Waals surface area contributed by atoms with Gasteiger partial charge in [0, 0.05) is 22.4 Å². The molecule has 0 saturated heterocycles. The molecule has 2 aromatic carbocycles. The van der Waals surface area contributed by atoms with E-state index in [1.807, 2.05) is 64.1 Å². The van der Waals surface area contributed by atoms with E-state index in [0.717, 1.165) is 16.2 Å². The second-order valence-corrected chi connectivity index (χ2v) is 6.90. The van der Waals surface area contributed by atoms with E-state index in [4.69, 9.17) is 9.15 Å². The SMILES string of the molecule is Cc1c(C(=O)OCC(=O)N[C@@H](C)C(C)C)oc2c1ccc1ccccc12. The van der Waals surface area contributed by atoms with Crippen LogP contribution >= 0.6 is 0 Å². The van der Waals surface area contributed by atoms with Crippen molar-refractivity contribution in [3.05, 3.63) is 47.7 Å². The molecule has 1 N–H and O–H groups in total. The second kappa shape index (κ2) is 7.20. The summed E-state index contributed by atoms with van der Waals surface area (Å²) in [5.74, 6) is -0.504. The van der Waals surface area contributed by atoms with Crippen molar-refractivity contribution < 1.29 is 18.7 Å². The summed E-state index contributed by atoms with van der Waals surface area (Å²) >= 11 is 0. The molecule has 0 radical (unpaired) electrons. The van der Waals surface area contributed by atoms with Crippen LogP contribution in [0.4, 0.5) is 0 Å². The molecular formula is C21H23NO4. The van der Waals surface area contributed by atoms with Crippen LogP contribution in [0, 0.1) is 12.8 Å². The molecule has 5 nitrogen and oxygen atoms in total. The Morgan fingerprint density at radius 1 is 1.08 bits per heavy atom. The lowest BCUT2D eigenvalue weighted by Gasteiger charge is -2.17. The molecule has 0 aliphatic rings. The maximum Gasteiger partial charge on any atom is 0.375 e. The van der Waals surface area contributed by atoms with Crippen molar-refractivity contribution in [2.75, 3.05) is 6.61 Å². The summed E-state index contributed by atoms with van der Waals surface area (Å²) in [6.07, 6.45) is 0. The molecule has 0 fully saturated rings. The van der Waals surface area contributed by atoms with Crippen molar-refractivity contribution in [3.63, 3.8) is 0 Å². The Morgan fingerprint density at radius 3 is 2.54 bits per heavy atom. The Balaban J connectivity index is 1.79.